The molecule has 0 aliphatic rings. The van der Waals surface area contributed by atoms with Crippen LogP contribution in [0.25, 0.3) is 10.8 Å². The molecule has 0 spiro atoms. The first-order chi connectivity index (χ1) is 12.1. The molecule has 0 saturated carbocycles. The molecule has 3 aromatic rings. The minimum absolute atomic E-state index is 0.00719. The standard InChI is InChI=1S/C21H20ClNO2/c1-15-14-17(11-12-19(15)22)25-13-5-10-21(24)23-20-9-4-7-16-6-2-3-8-18(16)20/h2-4,6-9,11-12,14H,5,10,13H2,1H3,(H,23,24). The first kappa shape index (κ1) is 17.3. The van der Waals surface area contributed by atoms with Gasteiger partial charge >= 0.3 is 0 Å². The maximum atomic E-state index is 12.2. The van der Waals surface area contributed by atoms with Crippen LogP contribution in [-0.2, 0) is 4.79 Å². The molecule has 0 unspecified atom stereocenters. The molecular formula is C21H20ClNO2. The third-order valence-corrected chi connectivity index (χ3v) is 4.43. The van der Waals surface area contributed by atoms with Crippen LogP contribution in [0, 0.1) is 6.92 Å². The molecule has 1 N–H and O–H groups in total. The Kier molecular flexibility index (Phi) is 5.56. The maximum absolute atomic E-state index is 12.2. The van der Waals surface area contributed by atoms with Crippen LogP contribution in [0.15, 0.2) is 60.7 Å². The van der Waals surface area contributed by atoms with Crippen LogP contribution >= 0.6 is 11.6 Å². The molecule has 0 aliphatic heterocycles. The van der Waals surface area contributed by atoms with E-state index in [1.807, 2.05) is 67.6 Å². The highest BCUT2D eigenvalue weighted by Gasteiger charge is 2.06. The molecule has 1 amide bonds. The summed E-state index contributed by atoms with van der Waals surface area (Å²) in [7, 11) is 0. The number of anilines is 1. The molecule has 0 aromatic heterocycles. The van der Waals surface area contributed by atoms with Crippen molar-refractivity contribution in [3.63, 3.8) is 0 Å². The van der Waals surface area contributed by atoms with Crippen molar-refractivity contribution in [1.29, 1.82) is 0 Å². The van der Waals surface area contributed by atoms with Gasteiger partial charge in [-0.3, -0.25) is 4.79 Å². The molecule has 0 radical (unpaired) electrons. The molecule has 0 heterocycles. The van der Waals surface area contributed by atoms with Gasteiger partial charge in [-0.1, -0.05) is 48.0 Å². The average Bonchev–Trinajstić information content (AvgIpc) is 2.62. The summed E-state index contributed by atoms with van der Waals surface area (Å²) in [5.74, 6) is 0.767. The van der Waals surface area contributed by atoms with E-state index in [9.17, 15) is 4.79 Å². The highest BCUT2D eigenvalue weighted by molar-refractivity contribution is 6.31. The van der Waals surface area contributed by atoms with E-state index in [1.54, 1.807) is 0 Å². The second-order valence-corrected chi connectivity index (χ2v) is 6.35. The van der Waals surface area contributed by atoms with E-state index in [1.165, 1.54) is 0 Å². The smallest absolute Gasteiger partial charge is 0.224 e. The van der Waals surface area contributed by atoms with E-state index in [-0.39, 0.29) is 5.91 Å². The van der Waals surface area contributed by atoms with Gasteiger partial charge in [0.2, 0.25) is 5.91 Å². The number of aryl methyl sites for hydroxylation is 1. The van der Waals surface area contributed by atoms with Crippen LogP contribution in [0.1, 0.15) is 18.4 Å². The number of rotatable bonds is 6. The molecule has 128 valence electrons. The predicted molar refractivity (Wildman–Crippen MR) is 103 cm³/mol. The molecule has 4 heteroatoms. The van der Waals surface area contributed by atoms with Gasteiger partial charge in [0.1, 0.15) is 5.75 Å². The highest BCUT2D eigenvalue weighted by Crippen LogP contribution is 2.23. The van der Waals surface area contributed by atoms with E-state index in [4.69, 9.17) is 16.3 Å². The fourth-order valence-electron chi connectivity index (χ4n) is 2.68. The Labute approximate surface area is 152 Å². The number of carbonyl (C=O) groups is 1. The second-order valence-electron chi connectivity index (χ2n) is 5.94. The van der Waals surface area contributed by atoms with Crippen LogP contribution in [0.4, 0.5) is 5.69 Å². The second kappa shape index (κ2) is 8.04. The number of ether oxygens (including phenoxy) is 1. The van der Waals surface area contributed by atoms with E-state index in [2.05, 4.69) is 5.32 Å². The summed E-state index contributed by atoms with van der Waals surface area (Å²) >= 11 is 5.99. The SMILES string of the molecule is Cc1cc(OCCCC(=O)Nc2cccc3ccccc23)ccc1Cl. The molecule has 0 aliphatic carbocycles. The summed E-state index contributed by atoms with van der Waals surface area (Å²) in [5, 5.41) is 5.87. The third-order valence-electron chi connectivity index (χ3n) is 4.01. The molecule has 0 saturated heterocycles. The number of benzene rings is 3. The highest BCUT2D eigenvalue weighted by atomic mass is 35.5. The molecule has 0 fully saturated rings. The summed E-state index contributed by atoms with van der Waals surface area (Å²) < 4.78 is 5.67. The lowest BCUT2D eigenvalue weighted by molar-refractivity contribution is -0.116. The molecule has 0 atom stereocenters. The minimum Gasteiger partial charge on any atom is -0.494 e. The molecule has 25 heavy (non-hydrogen) atoms. The van der Waals surface area contributed by atoms with Crippen molar-refractivity contribution in [2.24, 2.45) is 0 Å². The summed E-state index contributed by atoms with van der Waals surface area (Å²) in [4.78, 5) is 12.2. The average molecular weight is 354 g/mol. The van der Waals surface area contributed by atoms with Gasteiger partial charge in [0, 0.05) is 22.5 Å². The van der Waals surface area contributed by atoms with Gasteiger partial charge in [-0.2, -0.15) is 0 Å². The Morgan fingerprint density at radius 1 is 1.08 bits per heavy atom. The monoisotopic (exact) mass is 353 g/mol. The fourth-order valence-corrected chi connectivity index (χ4v) is 2.79. The Bertz CT molecular complexity index is 887. The minimum atomic E-state index is -0.00719. The largest absolute Gasteiger partial charge is 0.494 e. The number of hydrogen-bond donors (Lipinski definition) is 1. The Hall–Kier alpha value is -2.52. The Morgan fingerprint density at radius 2 is 1.88 bits per heavy atom. The lowest BCUT2D eigenvalue weighted by Gasteiger charge is -2.10. The molecule has 3 nitrogen and oxygen atoms in total. The predicted octanol–water partition coefficient (Wildman–Crippen LogP) is 5.60. The van der Waals surface area contributed by atoms with Crippen LogP contribution < -0.4 is 10.1 Å². The van der Waals surface area contributed by atoms with Crippen LogP contribution in [-0.4, -0.2) is 12.5 Å². The molecular weight excluding hydrogens is 334 g/mol. The van der Waals surface area contributed by atoms with Crippen molar-refractivity contribution < 1.29 is 9.53 Å². The van der Waals surface area contributed by atoms with Gasteiger partial charge in [-0.05, 0) is 48.6 Å². The van der Waals surface area contributed by atoms with E-state index in [0.717, 1.165) is 32.8 Å². The van der Waals surface area contributed by atoms with E-state index >= 15 is 0 Å². The van der Waals surface area contributed by atoms with E-state index in [0.29, 0.717) is 19.4 Å². The van der Waals surface area contributed by atoms with Gasteiger partial charge in [0.25, 0.3) is 0 Å². The fraction of sp³-hybridized carbons (Fsp3) is 0.190. The van der Waals surface area contributed by atoms with Gasteiger partial charge < -0.3 is 10.1 Å². The van der Waals surface area contributed by atoms with Gasteiger partial charge in [-0.15, -0.1) is 0 Å². The zero-order valence-electron chi connectivity index (χ0n) is 14.1. The van der Waals surface area contributed by atoms with Crippen molar-refractivity contribution in [3.05, 3.63) is 71.2 Å². The maximum Gasteiger partial charge on any atom is 0.224 e. The summed E-state index contributed by atoms with van der Waals surface area (Å²) in [6, 6.07) is 19.5. The summed E-state index contributed by atoms with van der Waals surface area (Å²) in [5.41, 5.74) is 1.82. The first-order valence-electron chi connectivity index (χ1n) is 8.30. The van der Waals surface area contributed by atoms with Gasteiger partial charge in [0.15, 0.2) is 0 Å². The number of amides is 1. The van der Waals surface area contributed by atoms with E-state index < -0.39 is 0 Å². The number of fused-ring (bicyclic) bond motifs is 1. The number of nitrogens with one attached hydrogen (secondary N) is 1. The number of hydrogen-bond acceptors (Lipinski definition) is 2. The normalized spacial score (nSPS) is 10.6. The first-order valence-corrected chi connectivity index (χ1v) is 8.68. The van der Waals surface area contributed by atoms with Crippen LogP contribution in [0.3, 0.4) is 0 Å². The molecule has 0 bridgehead atoms. The Balaban J connectivity index is 1.50. The van der Waals surface area contributed by atoms with Crippen molar-refractivity contribution in [1.82, 2.24) is 0 Å². The quantitative estimate of drug-likeness (QED) is 0.586. The van der Waals surface area contributed by atoms with Crippen LogP contribution in [0.2, 0.25) is 5.02 Å². The third kappa shape index (κ3) is 4.52. The van der Waals surface area contributed by atoms with Crippen molar-refractivity contribution in [2.45, 2.75) is 19.8 Å². The summed E-state index contributed by atoms with van der Waals surface area (Å²) in [6.07, 6.45) is 1.06. The molecule has 3 rings (SSSR count). The Morgan fingerprint density at radius 3 is 2.72 bits per heavy atom. The zero-order valence-corrected chi connectivity index (χ0v) is 14.8. The topological polar surface area (TPSA) is 38.3 Å². The van der Waals surface area contributed by atoms with Crippen LogP contribution in [0.5, 0.6) is 5.75 Å². The van der Waals surface area contributed by atoms with Gasteiger partial charge in [-0.25, -0.2) is 0 Å². The van der Waals surface area contributed by atoms with Crippen molar-refractivity contribution in [2.75, 3.05) is 11.9 Å². The lowest BCUT2D eigenvalue weighted by atomic mass is 10.1. The summed E-state index contributed by atoms with van der Waals surface area (Å²) in [6.45, 7) is 2.43. The van der Waals surface area contributed by atoms with Crippen molar-refractivity contribution in [3.8, 4) is 5.75 Å². The lowest BCUT2D eigenvalue weighted by Crippen LogP contribution is -2.13. The number of halogens is 1. The van der Waals surface area contributed by atoms with Gasteiger partial charge in [0.05, 0.1) is 6.61 Å². The van der Waals surface area contributed by atoms with Crippen molar-refractivity contribution >= 4 is 34.0 Å². The zero-order chi connectivity index (χ0) is 17.6. The number of carbonyl (C=O) groups excluding carboxylic acids is 1. The molecule has 3 aromatic carbocycles.